The summed E-state index contributed by atoms with van der Waals surface area (Å²) in [5, 5.41) is 8.88. The van der Waals surface area contributed by atoms with Gasteiger partial charge in [-0.15, -0.1) is 0 Å². The van der Waals surface area contributed by atoms with Crippen molar-refractivity contribution in [2.75, 3.05) is 19.7 Å². The van der Waals surface area contributed by atoms with E-state index in [1.165, 1.54) is 0 Å². The fraction of sp³-hybridized carbons (Fsp3) is 0.600. The maximum absolute atomic E-state index is 12.6. The van der Waals surface area contributed by atoms with Gasteiger partial charge in [0.1, 0.15) is 0 Å². The lowest BCUT2D eigenvalue weighted by Gasteiger charge is -2.31. The summed E-state index contributed by atoms with van der Waals surface area (Å²) >= 11 is 0. The van der Waals surface area contributed by atoms with E-state index in [-0.39, 0.29) is 6.61 Å². The van der Waals surface area contributed by atoms with Crippen molar-refractivity contribution in [2.45, 2.75) is 37.5 Å². The molecule has 0 spiro atoms. The van der Waals surface area contributed by atoms with Crippen LogP contribution in [0.25, 0.3) is 0 Å². The van der Waals surface area contributed by atoms with Gasteiger partial charge in [-0.3, -0.25) is 0 Å². The molecule has 1 aromatic carbocycles. The monoisotopic (exact) mass is 297 g/mol. The number of aliphatic hydroxyl groups is 1. The molecule has 1 saturated heterocycles. The molecule has 4 nitrogen and oxygen atoms in total. The Balaban J connectivity index is 2.16. The van der Waals surface area contributed by atoms with E-state index >= 15 is 0 Å². The lowest BCUT2D eigenvalue weighted by Crippen LogP contribution is -2.39. The first kappa shape index (κ1) is 15.5. The van der Waals surface area contributed by atoms with E-state index in [0.29, 0.717) is 30.3 Å². The molecule has 1 atom stereocenters. The Bertz CT molecular complexity index is 525. The molecule has 0 bridgehead atoms. The summed E-state index contributed by atoms with van der Waals surface area (Å²) in [6, 6.07) is 6.86. The summed E-state index contributed by atoms with van der Waals surface area (Å²) in [5.74, 6) is 0.479. The number of aliphatic hydroxyl groups excluding tert-OH is 1. The highest BCUT2D eigenvalue weighted by atomic mass is 32.2. The normalized spacial score (nSPS) is 21.0. The molecule has 1 unspecified atom stereocenters. The molecule has 2 rings (SSSR count). The highest BCUT2D eigenvalue weighted by Gasteiger charge is 2.29. The Kier molecular flexibility index (Phi) is 5.18. The van der Waals surface area contributed by atoms with Crippen LogP contribution in [-0.4, -0.2) is 37.5 Å². The van der Waals surface area contributed by atoms with Crippen molar-refractivity contribution < 1.29 is 13.5 Å². The summed E-state index contributed by atoms with van der Waals surface area (Å²) in [6.45, 7) is 3.45. The molecule has 20 heavy (non-hydrogen) atoms. The maximum atomic E-state index is 12.6. The van der Waals surface area contributed by atoms with Gasteiger partial charge in [0.25, 0.3) is 0 Å². The van der Waals surface area contributed by atoms with Gasteiger partial charge >= 0.3 is 0 Å². The minimum Gasteiger partial charge on any atom is -0.396 e. The van der Waals surface area contributed by atoms with Crippen LogP contribution < -0.4 is 0 Å². The van der Waals surface area contributed by atoms with Crippen LogP contribution in [0.2, 0.25) is 0 Å². The van der Waals surface area contributed by atoms with Crippen LogP contribution in [0.5, 0.6) is 0 Å². The molecular formula is C15H23NO3S. The molecular weight excluding hydrogens is 274 g/mol. The average molecular weight is 297 g/mol. The zero-order chi connectivity index (χ0) is 14.6. The number of piperidine rings is 1. The highest BCUT2D eigenvalue weighted by molar-refractivity contribution is 7.89. The largest absolute Gasteiger partial charge is 0.396 e. The SMILES string of the molecule is CCC1CCCN(S(=O)(=O)c2ccc(CCO)cc2)C1. The molecule has 0 radical (unpaired) electrons. The number of sulfonamides is 1. The molecule has 1 heterocycles. The number of rotatable bonds is 5. The molecule has 1 aliphatic heterocycles. The fourth-order valence-electron chi connectivity index (χ4n) is 2.68. The van der Waals surface area contributed by atoms with Gasteiger partial charge in [0.2, 0.25) is 10.0 Å². The van der Waals surface area contributed by atoms with E-state index < -0.39 is 10.0 Å². The summed E-state index contributed by atoms with van der Waals surface area (Å²) in [6.07, 6.45) is 3.65. The van der Waals surface area contributed by atoms with Crippen LogP contribution in [0, 0.1) is 5.92 Å². The highest BCUT2D eigenvalue weighted by Crippen LogP contribution is 2.25. The average Bonchev–Trinajstić information content (AvgIpc) is 2.48. The summed E-state index contributed by atoms with van der Waals surface area (Å²) < 4.78 is 26.8. The Morgan fingerprint density at radius 3 is 2.60 bits per heavy atom. The van der Waals surface area contributed by atoms with E-state index in [9.17, 15) is 8.42 Å². The Hall–Kier alpha value is -0.910. The predicted molar refractivity (Wildman–Crippen MR) is 79.0 cm³/mol. The van der Waals surface area contributed by atoms with Crippen LogP contribution in [0.1, 0.15) is 31.7 Å². The molecule has 1 fully saturated rings. The second kappa shape index (κ2) is 6.70. The van der Waals surface area contributed by atoms with E-state index in [2.05, 4.69) is 6.92 Å². The molecule has 1 aliphatic rings. The number of hydrogen-bond donors (Lipinski definition) is 1. The first-order valence-electron chi connectivity index (χ1n) is 7.28. The van der Waals surface area contributed by atoms with Crippen LogP contribution in [0.4, 0.5) is 0 Å². The zero-order valence-corrected chi connectivity index (χ0v) is 12.8. The molecule has 1 aromatic rings. The maximum Gasteiger partial charge on any atom is 0.243 e. The smallest absolute Gasteiger partial charge is 0.243 e. The second-order valence-electron chi connectivity index (χ2n) is 5.40. The Morgan fingerprint density at radius 1 is 1.30 bits per heavy atom. The number of benzene rings is 1. The van der Waals surface area contributed by atoms with Crippen molar-refractivity contribution in [3.05, 3.63) is 29.8 Å². The second-order valence-corrected chi connectivity index (χ2v) is 7.34. The molecule has 0 saturated carbocycles. The quantitative estimate of drug-likeness (QED) is 0.904. The van der Waals surface area contributed by atoms with Crippen molar-refractivity contribution in [1.29, 1.82) is 0 Å². The molecule has 0 amide bonds. The van der Waals surface area contributed by atoms with Gasteiger partial charge in [0.05, 0.1) is 4.90 Å². The van der Waals surface area contributed by atoms with Crippen molar-refractivity contribution in [2.24, 2.45) is 5.92 Å². The third-order valence-corrected chi connectivity index (χ3v) is 5.90. The third-order valence-electron chi connectivity index (χ3n) is 4.02. The van der Waals surface area contributed by atoms with Gasteiger partial charge in [0.15, 0.2) is 0 Å². The van der Waals surface area contributed by atoms with Crippen molar-refractivity contribution in [3.8, 4) is 0 Å². The van der Waals surface area contributed by atoms with Crippen LogP contribution in [0.3, 0.4) is 0 Å². The lowest BCUT2D eigenvalue weighted by molar-refractivity contribution is 0.261. The van der Waals surface area contributed by atoms with Crippen molar-refractivity contribution in [3.63, 3.8) is 0 Å². The summed E-state index contributed by atoms with van der Waals surface area (Å²) in [7, 11) is -3.37. The number of nitrogens with zero attached hydrogens (tertiary/aromatic N) is 1. The van der Waals surface area contributed by atoms with Gasteiger partial charge < -0.3 is 5.11 Å². The van der Waals surface area contributed by atoms with E-state index in [4.69, 9.17) is 5.11 Å². The predicted octanol–water partition coefficient (Wildman–Crippen LogP) is 2.03. The molecule has 1 N–H and O–H groups in total. The number of hydrogen-bond acceptors (Lipinski definition) is 3. The zero-order valence-electron chi connectivity index (χ0n) is 12.0. The summed E-state index contributed by atoms with van der Waals surface area (Å²) in [4.78, 5) is 0.357. The van der Waals surface area contributed by atoms with Crippen LogP contribution in [-0.2, 0) is 16.4 Å². The first-order valence-corrected chi connectivity index (χ1v) is 8.72. The lowest BCUT2D eigenvalue weighted by atomic mass is 9.97. The van der Waals surface area contributed by atoms with E-state index in [1.807, 2.05) is 0 Å². The molecule has 5 heteroatoms. The Labute approximate surface area is 121 Å². The topological polar surface area (TPSA) is 57.6 Å². The Morgan fingerprint density at radius 2 is 2.00 bits per heavy atom. The van der Waals surface area contributed by atoms with Gasteiger partial charge in [-0.25, -0.2) is 8.42 Å². The van der Waals surface area contributed by atoms with Crippen LogP contribution in [0.15, 0.2) is 29.2 Å². The standard InChI is InChI=1S/C15H23NO3S/c1-2-13-4-3-10-16(12-13)20(18,19)15-7-5-14(6-8-15)9-11-17/h5-8,13,17H,2-4,9-12H2,1H3. The molecule has 0 aliphatic carbocycles. The fourth-order valence-corrected chi connectivity index (χ4v) is 4.24. The minimum atomic E-state index is -3.37. The van der Waals surface area contributed by atoms with Gasteiger partial charge in [-0.1, -0.05) is 25.5 Å². The van der Waals surface area contributed by atoms with Crippen molar-refractivity contribution in [1.82, 2.24) is 4.31 Å². The van der Waals surface area contributed by atoms with Crippen molar-refractivity contribution >= 4 is 10.0 Å². The van der Waals surface area contributed by atoms with Gasteiger partial charge in [0, 0.05) is 19.7 Å². The molecule has 112 valence electrons. The van der Waals surface area contributed by atoms with E-state index in [0.717, 1.165) is 24.8 Å². The third kappa shape index (κ3) is 3.40. The van der Waals surface area contributed by atoms with Crippen LogP contribution >= 0.6 is 0 Å². The first-order chi connectivity index (χ1) is 9.57. The molecule has 0 aromatic heterocycles. The minimum absolute atomic E-state index is 0.0798. The van der Waals surface area contributed by atoms with Gasteiger partial charge in [-0.2, -0.15) is 4.31 Å². The van der Waals surface area contributed by atoms with Gasteiger partial charge in [-0.05, 0) is 42.9 Å². The van der Waals surface area contributed by atoms with E-state index in [1.54, 1.807) is 28.6 Å². The summed E-state index contributed by atoms with van der Waals surface area (Å²) in [5.41, 5.74) is 0.955.